The van der Waals surface area contributed by atoms with Crippen molar-refractivity contribution in [3.8, 4) is 0 Å². The number of rotatable bonds is 5. The van der Waals surface area contributed by atoms with Gasteiger partial charge in [-0.1, -0.05) is 5.16 Å². The van der Waals surface area contributed by atoms with Crippen LogP contribution in [-0.2, 0) is 15.6 Å². The first-order chi connectivity index (χ1) is 8.44. The molecule has 0 saturated carbocycles. The summed E-state index contributed by atoms with van der Waals surface area (Å²) in [5.41, 5.74) is 5.98. The number of sulfone groups is 1. The SMILES string of the molecule is CS(=O)(=O)Cc1nc(C(N)CN2CCCC2)no1. The molecule has 2 N–H and O–H groups in total. The van der Waals surface area contributed by atoms with Gasteiger partial charge in [0.15, 0.2) is 15.7 Å². The third-order valence-corrected chi connectivity index (χ3v) is 3.63. The van der Waals surface area contributed by atoms with Crippen LogP contribution in [0, 0.1) is 0 Å². The van der Waals surface area contributed by atoms with E-state index in [-0.39, 0.29) is 17.7 Å². The van der Waals surface area contributed by atoms with Gasteiger partial charge < -0.3 is 15.2 Å². The molecule has 0 bridgehead atoms. The normalized spacial score (nSPS) is 19.2. The maximum atomic E-state index is 11.1. The Kier molecular flexibility index (Phi) is 3.98. The van der Waals surface area contributed by atoms with Crippen LogP contribution >= 0.6 is 0 Å². The molecule has 18 heavy (non-hydrogen) atoms. The fourth-order valence-corrected chi connectivity index (χ4v) is 2.59. The molecule has 1 aliphatic rings. The standard InChI is InChI=1S/C10H18N4O3S/c1-18(15,16)7-9-12-10(13-17-9)8(11)6-14-4-2-3-5-14/h8H,2-7,11H2,1H3. The highest BCUT2D eigenvalue weighted by Gasteiger charge is 2.21. The third kappa shape index (κ3) is 3.76. The van der Waals surface area contributed by atoms with Gasteiger partial charge in [-0.25, -0.2) is 8.42 Å². The summed E-state index contributed by atoms with van der Waals surface area (Å²) in [7, 11) is -3.16. The van der Waals surface area contributed by atoms with Crippen LogP contribution in [0.4, 0.5) is 0 Å². The summed E-state index contributed by atoms with van der Waals surface area (Å²) in [5, 5.41) is 3.74. The highest BCUT2D eigenvalue weighted by Crippen LogP contribution is 2.14. The van der Waals surface area contributed by atoms with Crippen LogP contribution in [0.3, 0.4) is 0 Å². The Morgan fingerprint density at radius 2 is 2.11 bits per heavy atom. The summed E-state index contributed by atoms with van der Waals surface area (Å²) in [4.78, 5) is 6.28. The van der Waals surface area contributed by atoms with Crippen molar-refractivity contribution >= 4 is 9.84 Å². The van der Waals surface area contributed by atoms with E-state index in [9.17, 15) is 8.42 Å². The minimum absolute atomic E-state index is 0.101. The van der Waals surface area contributed by atoms with Gasteiger partial charge in [0.2, 0.25) is 5.89 Å². The summed E-state index contributed by atoms with van der Waals surface area (Å²) in [5.74, 6) is 0.237. The maximum Gasteiger partial charge on any atom is 0.241 e. The average Bonchev–Trinajstić information content (AvgIpc) is 2.86. The molecule has 7 nitrogen and oxygen atoms in total. The molecule has 1 aliphatic heterocycles. The van der Waals surface area contributed by atoms with E-state index in [2.05, 4.69) is 15.0 Å². The Labute approximate surface area is 106 Å². The van der Waals surface area contributed by atoms with E-state index in [4.69, 9.17) is 10.3 Å². The third-order valence-electron chi connectivity index (χ3n) is 2.85. The number of likely N-dealkylation sites (tertiary alicyclic amines) is 1. The van der Waals surface area contributed by atoms with Crippen LogP contribution in [0.25, 0.3) is 0 Å². The molecule has 0 amide bonds. The van der Waals surface area contributed by atoms with Crippen molar-refractivity contribution in [2.24, 2.45) is 5.73 Å². The topological polar surface area (TPSA) is 102 Å². The van der Waals surface area contributed by atoms with Gasteiger partial charge in [0.25, 0.3) is 0 Å². The van der Waals surface area contributed by atoms with Crippen LogP contribution in [0.2, 0.25) is 0 Å². The Hall–Kier alpha value is -0.990. The second-order valence-corrected chi connectivity index (χ2v) is 6.87. The molecule has 2 rings (SSSR count). The van der Waals surface area contributed by atoms with Crippen LogP contribution in [-0.4, -0.2) is 49.3 Å². The predicted molar refractivity (Wildman–Crippen MR) is 65.4 cm³/mol. The summed E-state index contributed by atoms with van der Waals surface area (Å²) in [6.45, 7) is 2.77. The Balaban J connectivity index is 1.96. The molecule has 2 heterocycles. The molecule has 8 heteroatoms. The van der Waals surface area contributed by atoms with Gasteiger partial charge in [-0.2, -0.15) is 4.98 Å². The molecule has 102 valence electrons. The molecule has 1 atom stereocenters. The van der Waals surface area contributed by atoms with E-state index in [1.807, 2.05) is 0 Å². The summed E-state index contributed by atoms with van der Waals surface area (Å²) >= 11 is 0. The Bertz CT molecular complexity index is 493. The molecule has 0 radical (unpaired) electrons. The van der Waals surface area contributed by atoms with Gasteiger partial charge >= 0.3 is 0 Å². The van der Waals surface area contributed by atoms with Gasteiger partial charge in [0.05, 0.1) is 6.04 Å². The zero-order valence-corrected chi connectivity index (χ0v) is 11.2. The van der Waals surface area contributed by atoms with E-state index in [1.165, 1.54) is 12.8 Å². The van der Waals surface area contributed by atoms with Gasteiger partial charge in [0.1, 0.15) is 5.75 Å². The largest absolute Gasteiger partial charge is 0.338 e. The van der Waals surface area contributed by atoms with E-state index >= 15 is 0 Å². The van der Waals surface area contributed by atoms with E-state index in [0.29, 0.717) is 12.4 Å². The highest BCUT2D eigenvalue weighted by atomic mass is 32.2. The molecule has 1 aromatic rings. The summed E-state index contributed by atoms with van der Waals surface area (Å²) in [6.07, 6.45) is 3.51. The second-order valence-electron chi connectivity index (χ2n) is 4.73. The molecule has 1 unspecified atom stereocenters. The molecular weight excluding hydrogens is 256 g/mol. The Morgan fingerprint density at radius 1 is 1.44 bits per heavy atom. The van der Waals surface area contributed by atoms with Crippen LogP contribution in [0.1, 0.15) is 30.6 Å². The first-order valence-corrected chi connectivity index (χ1v) is 7.98. The monoisotopic (exact) mass is 274 g/mol. The van der Waals surface area contributed by atoms with Crippen LogP contribution in [0.15, 0.2) is 4.52 Å². The number of hydrogen-bond acceptors (Lipinski definition) is 7. The predicted octanol–water partition coefficient (Wildman–Crippen LogP) is -0.290. The lowest BCUT2D eigenvalue weighted by Gasteiger charge is -2.17. The summed E-state index contributed by atoms with van der Waals surface area (Å²) < 4.78 is 27.1. The second kappa shape index (κ2) is 5.33. The average molecular weight is 274 g/mol. The smallest absolute Gasteiger partial charge is 0.241 e. The minimum Gasteiger partial charge on any atom is -0.338 e. The zero-order chi connectivity index (χ0) is 13.2. The van der Waals surface area contributed by atoms with Crippen molar-refractivity contribution in [1.29, 1.82) is 0 Å². The molecule has 0 aliphatic carbocycles. The number of aromatic nitrogens is 2. The van der Waals surface area contributed by atoms with Gasteiger partial charge in [-0.3, -0.25) is 0 Å². The lowest BCUT2D eigenvalue weighted by molar-refractivity contribution is 0.305. The molecule has 0 aromatic carbocycles. The van der Waals surface area contributed by atoms with Crippen molar-refractivity contribution < 1.29 is 12.9 Å². The fraction of sp³-hybridized carbons (Fsp3) is 0.800. The quantitative estimate of drug-likeness (QED) is 0.787. The lowest BCUT2D eigenvalue weighted by Crippen LogP contribution is -2.30. The lowest BCUT2D eigenvalue weighted by atomic mass is 10.3. The van der Waals surface area contributed by atoms with Crippen molar-refractivity contribution in [3.05, 3.63) is 11.7 Å². The molecular formula is C10H18N4O3S. The van der Waals surface area contributed by atoms with E-state index < -0.39 is 9.84 Å². The molecule has 0 spiro atoms. The highest BCUT2D eigenvalue weighted by molar-refractivity contribution is 7.89. The number of nitrogens with two attached hydrogens (primary N) is 1. The Morgan fingerprint density at radius 3 is 2.72 bits per heavy atom. The fourth-order valence-electron chi connectivity index (χ4n) is 2.03. The van der Waals surface area contributed by atoms with Gasteiger partial charge in [0, 0.05) is 12.8 Å². The minimum atomic E-state index is -3.16. The first kappa shape index (κ1) is 13.4. The van der Waals surface area contributed by atoms with Gasteiger partial charge in [-0.15, -0.1) is 0 Å². The van der Waals surface area contributed by atoms with E-state index in [0.717, 1.165) is 19.3 Å². The van der Waals surface area contributed by atoms with E-state index in [1.54, 1.807) is 0 Å². The summed E-state index contributed by atoms with van der Waals surface area (Å²) in [6, 6.07) is -0.333. The van der Waals surface area contributed by atoms with Crippen molar-refractivity contribution in [2.75, 3.05) is 25.9 Å². The van der Waals surface area contributed by atoms with Gasteiger partial charge in [-0.05, 0) is 25.9 Å². The van der Waals surface area contributed by atoms with Crippen LogP contribution < -0.4 is 5.73 Å². The molecule has 1 saturated heterocycles. The maximum absolute atomic E-state index is 11.1. The van der Waals surface area contributed by atoms with Crippen molar-refractivity contribution in [2.45, 2.75) is 24.6 Å². The first-order valence-electron chi connectivity index (χ1n) is 5.92. The zero-order valence-electron chi connectivity index (χ0n) is 10.4. The van der Waals surface area contributed by atoms with Crippen molar-refractivity contribution in [3.63, 3.8) is 0 Å². The number of hydrogen-bond donors (Lipinski definition) is 1. The van der Waals surface area contributed by atoms with Crippen molar-refractivity contribution in [1.82, 2.24) is 15.0 Å². The molecule has 1 fully saturated rings. The molecule has 1 aromatic heterocycles. The van der Waals surface area contributed by atoms with Crippen LogP contribution in [0.5, 0.6) is 0 Å². The number of nitrogens with zero attached hydrogens (tertiary/aromatic N) is 3.